The highest BCUT2D eigenvalue weighted by Crippen LogP contribution is 2.27. The number of ether oxygens (including phenoxy) is 1. The lowest BCUT2D eigenvalue weighted by Crippen LogP contribution is -2.41. The van der Waals surface area contributed by atoms with Gasteiger partial charge >= 0.3 is 0 Å². The molecule has 1 fully saturated rings. The van der Waals surface area contributed by atoms with Gasteiger partial charge in [0.15, 0.2) is 0 Å². The van der Waals surface area contributed by atoms with Crippen LogP contribution in [0.25, 0.3) is 0 Å². The number of rotatable bonds is 5. The summed E-state index contributed by atoms with van der Waals surface area (Å²) in [6.45, 7) is 5.26. The zero-order valence-corrected chi connectivity index (χ0v) is 13.2. The van der Waals surface area contributed by atoms with Crippen molar-refractivity contribution in [1.29, 1.82) is 0 Å². The fourth-order valence-corrected chi connectivity index (χ4v) is 3.04. The minimum Gasteiger partial charge on any atom is -0.489 e. The Kier molecular flexibility index (Phi) is 5.97. The molecule has 1 N–H and O–H groups in total. The number of aliphatic hydroxyl groups is 1. The van der Waals surface area contributed by atoms with Crippen molar-refractivity contribution < 1.29 is 9.84 Å². The average Bonchev–Trinajstić information content (AvgIpc) is 2.37. The Balaban J connectivity index is 1.78. The number of benzene rings is 1. The van der Waals surface area contributed by atoms with Crippen LogP contribution in [0, 0.1) is 5.92 Å². The minimum atomic E-state index is -0.507. The Morgan fingerprint density at radius 2 is 2.25 bits per heavy atom. The van der Waals surface area contributed by atoms with Crippen LogP contribution in [0.15, 0.2) is 18.2 Å². The fraction of sp³-hybridized carbons (Fsp3) is 0.600. The van der Waals surface area contributed by atoms with Crippen LogP contribution >= 0.6 is 23.2 Å². The number of β-amino-alcohol motifs (C(OH)–C–C–N with tert-alkyl or cyclic N) is 1. The maximum atomic E-state index is 10.1. The summed E-state index contributed by atoms with van der Waals surface area (Å²) in [6.07, 6.45) is 1.98. The van der Waals surface area contributed by atoms with Crippen molar-refractivity contribution in [3.63, 3.8) is 0 Å². The molecule has 2 rings (SSSR count). The average molecular weight is 318 g/mol. The third-order valence-electron chi connectivity index (χ3n) is 3.54. The van der Waals surface area contributed by atoms with Crippen molar-refractivity contribution in [1.82, 2.24) is 4.90 Å². The summed E-state index contributed by atoms with van der Waals surface area (Å²) in [7, 11) is 0. The predicted octanol–water partition coefficient (Wildman–Crippen LogP) is 3.47. The van der Waals surface area contributed by atoms with E-state index in [-0.39, 0.29) is 6.61 Å². The summed E-state index contributed by atoms with van der Waals surface area (Å²) in [5, 5.41) is 11.1. The third-order valence-corrected chi connectivity index (χ3v) is 4.07. The van der Waals surface area contributed by atoms with Gasteiger partial charge in [-0.05, 0) is 43.5 Å². The van der Waals surface area contributed by atoms with Gasteiger partial charge in [-0.3, -0.25) is 0 Å². The maximum Gasteiger partial charge on any atom is 0.138 e. The first-order valence-corrected chi connectivity index (χ1v) is 7.78. The van der Waals surface area contributed by atoms with Gasteiger partial charge in [0.25, 0.3) is 0 Å². The van der Waals surface area contributed by atoms with Crippen LogP contribution < -0.4 is 4.74 Å². The van der Waals surface area contributed by atoms with Crippen molar-refractivity contribution in [2.45, 2.75) is 25.9 Å². The first-order chi connectivity index (χ1) is 9.54. The predicted molar refractivity (Wildman–Crippen MR) is 82.8 cm³/mol. The molecule has 20 heavy (non-hydrogen) atoms. The number of hydrogen-bond acceptors (Lipinski definition) is 3. The van der Waals surface area contributed by atoms with Gasteiger partial charge < -0.3 is 14.7 Å². The molecule has 1 aliphatic heterocycles. The number of nitrogens with zero attached hydrogens (tertiary/aromatic N) is 1. The summed E-state index contributed by atoms with van der Waals surface area (Å²) in [5.74, 6) is 1.27. The van der Waals surface area contributed by atoms with E-state index in [1.54, 1.807) is 18.2 Å². The van der Waals surface area contributed by atoms with E-state index >= 15 is 0 Å². The van der Waals surface area contributed by atoms with Crippen LogP contribution in [0.1, 0.15) is 19.8 Å². The van der Waals surface area contributed by atoms with Crippen LogP contribution in [0.4, 0.5) is 0 Å². The molecule has 1 aromatic rings. The molecule has 5 heteroatoms. The molecule has 0 amide bonds. The van der Waals surface area contributed by atoms with E-state index in [0.717, 1.165) is 13.1 Å². The van der Waals surface area contributed by atoms with Crippen molar-refractivity contribution in [3.05, 3.63) is 28.2 Å². The summed E-state index contributed by atoms with van der Waals surface area (Å²) in [6, 6.07) is 5.08. The van der Waals surface area contributed by atoms with E-state index in [9.17, 15) is 5.11 Å². The molecule has 0 unspecified atom stereocenters. The first-order valence-electron chi connectivity index (χ1n) is 7.03. The van der Waals surface area contributed by atoms with Crippen molar-refractivity contribution in [3.8, 4) is 5.75 Å². The number of halogens is 2. The Bertz CT molecular complexity index is 442. The molecule has 0 saturated carbocycles. The Hall–Kier alpha value is -0.480. The summed E-state index contributed by atoms with van der Waals surface area (Å²) < 4.78 is 5.55. The van der Waals surface area contributed by atoms with Gasteiger partial charge in [0.05, 0.1) is 5.02 Å². The summed E-state index contributed by atoms with van der Waals surface area (Å²) >= 11 is 11.8. The van der Waals surface area contributed by atoms with Gasteiger partial charge in [-0.1, -0.05) is 30.1 Å². The van der Waals surface area contributed by atoms with Crippen LogP contribution in [0.5, 0.6) is 5.75 Å². The second-order valence-electron chi connectivity index (χ2n) is 5.55. The number of piperidine rings is 1. The molecule has 1 aliphatic rings. The van der Waals surface area contributed by atoms with Gasteiger partial charge in [-0.2, -0.15) is 0 Å². The van der Waals surface area contributed by atoms with E-state index in [4.69, 9.17) is 27.9 Å². The molecule has 0 spiro atoms. The Morgan fingerprint density at radius 1 is 1.45 bits per heavy atom. The lowest BCUT2D eigenvalue weighted by Gasteiger charge is -2.32. The van der Waals surface area contributed by atoms with E-state index in [0.29, 0.717) is 28.3 Å². The largest absolute Gasteiger partial charge is 0.489 e. The molecule has 0 aliphatic carbocycles. The number of likely N-dealkylation sites (tertiary alicyclic amines) is 1. The van der Waals surface area contributed by atoms with Crippen LogP contribution in [0.2, 0.25) is 10.0 Å². The minimum absolute atomic E-state index is 0.242. The zero-order chi connectivity index (χ0) is 14.5. The van der Waals surface area contributed by atoms with Gasteiger partial charge in [0, 0.05) is 18.1 Å². The highest BCUT2D eigenvalue weighted by molar-refractivity contribution is 6.35. The van der Waals surface area contributed by atoms with E-state index in [2.05, 4.69) is 11.8 Å². The molecule has 2 atom stereocenters. The van der Waals surface area contributed by atoms with E-state index < -0.39 is 6.10 Å². The molecular formula is C15H21Cl2NO2. The second kappa shape index (κ2) is 7.51. The maximum absolute atomic E-state index is 10.1. The van der Waals surface area contributed by atoms with Crippen molar-refractivity contribution >= 4 is 23.2 Å². The molecule has 0 radical (unpaired) electrons. The van der Waals surface area contributed by atoms with Gasteiger partial charge in [-0.25, -0.2) is 0 Å². The lowest BCUT2D eigenvalue weighted by molar-refractivity contribution is 0.0537. The second-order valence-corrected chi connectivity index (χ2v) is 6.39. The molecule has 0 aromatic heterocycles. The first kappa shape index (κ1) is 15.9. The van der Waals surface area contributed by atoms with Crippen LogP contribution in [0.3, 0.4) is 0 Å². The fourth-order valence-electron chi connectivity index (χ4n) is 2.58. The Labute approximate surface area is 130 Å². The highest BCUT2D eigenvalue weighted by Gasteiger charge is 2.19. The molecular weight excluding hydrogens is 297 g/mol. The molecule has 1 heterocycles. The van der Waals surface area contributed by atoms with Gasteiger partial charge in [-0.15, -0.1) is 0 Å². The molecule has 1 saturated heterocycles. The van der Waals surface area contributed by atoms with Crippen molar-refractivity contribution in [2.75, 3.05) is 26.2 Å². The van der Waals surface area contributed by atoms with Crippen molar-refractivity contribution in [2.24, 2.45) is 5.92 Å². The van der Waals surface area contributed by atoms with Crippen LogP contribution in [-0.2, 0) is 0 Å². The summed E-state index contributed by atoms with van der Waals surface area (Å²) in [5.41, 5.74) is 0. The SMILES string of the molecule is C[C@H]1CCCN(C[C@@H](O)COc2ccc(Cl)cc2Cl)C1. The van der Waals surface area contributed by atoms with E-state index in [1.165, 1.54) is 12.8 Å². The topological polar surface area (TPSA) is 32.7 Å². The highest BCUT2D eigenvalue weighted by atomic mass is 35.5. The number of hydrogen-bond donors (Lipinski definition) is 1. The summed E-state index contributed by atoms with van der Waals surface area (Å²) in [4.78, 5) is 2.30. The zero-order valence-electron chi connectivity index (χ0n) is 11.7. The smallest absolute Gasteiger partial charge is 0.138 e. The normalized spacial score (nSPS) is 21.7. The van der Waals surface area contributed by atoms with Gasteiger partial charge in [0.1, 0.15) is 18.5 Å². The number of aliphatic hydroxyl groups excluding tert-OH is 1. The monoisotopic (exact) mass is 317 g/mol. The quantitative estimate of drug-likeness (QED) is 0.902. The Morgan fingerprint density at radius 3 is 2.95 bits per heavy atom. The molecule has 112 valence electrons. The molecule has 3 nitrogen and oxygen atoms in total. The van der Waals surface area contributed by atoms with Gasteiger partial charge in [0.2, 0.25) is 0 Å². The van der Waals surface area contributed by atoms with E-state index in [1.807, 2.05) is 0 Å². The molecule has 0 bridgehead atoms. The third kappa shape index (κ3) is 4.81. The standard InChI is InChI=1S/C15H21Cl2NO2/c1-11-3-2-6-18(8-11)9-13(19)10-20-15-5-4-12(16)7-14(15)17/h4-5,7,11,13,19H,2-3,6,8-10H2,1H3/t11-,13+/m0/s1. The molecule has 1 aromatic carbocycles. The lowest BCUT2D eigenvalue weighted by atomic mass is 10.0. The van der Waals surface area contributed by atoms with Crippen LogP contribution in [-0.4, -0.2) is 42.4 Å².